The Kier molecular flexibility index (Phi) is 2.82. The molecule has 0 spiro atoms. The first-order valence-corrected chi connectivity index (χ1v) is 6.47. The van der Waals surface area contributed by atoms with Crippen molar-refractivity contribution >= 4 is 17.8 Å². The Balaban J connectivity index is 2.52. The molecule has 0 aliphatic carbocycles. The average Bonchev–Trinajstić information content (AvgIpc) is 2.14. The summed E-state index contributed by atoms with van der Waals surface area (Å²) >= 11 is 1.82. The van der Waals surface area contributed by atoms with Gasteiger partial charge in [-0.25, -0.2) is 9.97 Å². The maximum absolute atomic E-state index is 4.67. The molecular formula is C13H18N2S. The molecule has 0 radical (unpaired) electrons. The van der Waals surface area contributed by atoms with E-state index in [-0.39, 0.29) is 4.75 Å². The fraction of sp³-hybridized carbons (Fsp3) is 0.538. The van der Waals surface area contributed by atoms with Gasteiger partial charge in [0.1, 0.15) is 10.9 Å². The second kappa shape index (κ2) is 3.88. The van der Waals surface area contributed by atoms with Crippen molar-refractivity contribution in [2.75, 3.05) is 0 Å². The van der Waals surface area contributed by atoms with Crippen molar-refractivity contribution in [2.24, 2.45) is 0 Å². The molecule has 0 aromatic carbocycles. The van der Waals surface area contributed by atoms with E-state index < -0.39 is 0 Å². The van der Waals surface area contributed by atoms with Crippen LogP contribution in [-0.2, 0) is 0 Å². The highest BCUT2D eigenvalue weighted by Gasteiger charge is 2.24. The molecule has 0 saturated carbocycles. The standard InChI is InChI=1S/C13H18N2S/c1-8(2)11-14-9(3)10-6-7-13(4,5)16-12(10)15-11/h6-8H,1-5H3. The summed E-state index contributed by atoms with van der Waals surface area (Å²) < 4.78 is 0.141. The molecule has 0 fully saturated rings. The largest absolute Gasteiger partial charge is 0.237 e. The van der Waals surface area contributed by atoms with Crippen molar-refractivity contribution in [1.82, 2.24) is 9.97 Å². The van der Waals surface area contributed by atoms with Crippen LogP contribution in [0.5, 0.6) is 0 Å². The van der Waals surface area contributed by atoms with Crippen LogP contribution in [0.15, 0.2) is 11.1 Å². The van der Waals surface area contributed by atoms with Gasteiger partial charge in [-0.3, -0.25) is 0 Å². The Morgan fingerprint density at radius 2 is 1.94 bits per heavy atom. The molecule has 0 amide bonds. The molecule has 0 bridgehead atoms. The Morgan fingerprint density at radius 1 is 1.25 bits per heavy atom. The third-order valence-corrected chi connectivity index (χ3v) is 3.81. The molecule has 0 atom stereocenters. The zero-order valence-electron chi connectivity index (χ0n) is 10.5. The molecule has 0 unspecified atom stereocenters. The minimum Gasteiger partial charge on any atom is -0.237 e. The SMILES string of the molecule is Cc1nc(C(C)C)nc2c1C=CC(C)(C)S2. The normalized spacial score (nSPS) is 17.6. The van der Waals surface area contributed by atoms with Gasteiger partial charge in [-0.15, -0.1) is 0 Å². The van der Waals surface area contributed by atoms with Gasteiger partial charge in [0, 0.05) is 21.9 Å². The Bertz CT molecular complexity index is 447. The predicted octanol–water partition coefficient (Wildman–Crippen LogP) is 3.81. The first-order valence-electron chi connectivity index (χ1n) is 5.66. The second-order valence-corrected chi connectivity index (χ2v) is 6.72. The van der Waals surface area contributed by atoms with Crippen LogP contribution < -0.4 is 0 Å². The second-order valence-electron chi connectivity index (χ2n) is 5.08. The molecule has 0 saturated heterocycles. The summed E-state index contributed by atoms with van der Waals surface area (Å²) in [6, 6.07) is 0. The van der Waals surface area contributed by atoms with Crippen LogP contribution in [-0.4, -0.2) is 14.7 Å². The first kappa shape index (κ1) is 11.6. The Labute approximate surface area is 102 Å². The first-order chi connectivity index (χ1) is 7.39. The maximum atomic E-state index is 4.67. The summed E-state index contributed by atoms with van der Waals surface area (Å²) in [7, 11) is 0. The van der Waals surface area contributed by atoms with Crippen molar-refractivity contribution in [3.63, 3.8) is 0 Å². The van der Waals surface area contributed by atoms with Crippen LogP contribution in [0.3, 0.4) is 0 Å². The highest BCUT2D eigenvalue weighted by atomic mass is 32.2. The lowest BCUT2D eigenvalue weighted by Crippen LogP contribution is -2.16. The number of aromatic nitrogens is 2. The molecule has 2 nitrogen and oxygen atoms in total. The van der Waals surface area contributed by atoms with E-state index in [1.165, 1.54) is 5.56 Å². The van der Waals surface area contributed by atoms with Gasteiger partial charge < -0.3 is 0 Å². The number of aryl methyl sites for hydroxylation is 1. The van der Waals surface area contributed by atoms with E-state index in [0.29, 0.717) is 5.92 Å². The highest BCUT2D eigenvalue weighted by molar-refractivity contribution is 8.00. The van der Waals surface area contributed by atoms with E-state index >= 15 is 0 Å². The van der Waals surface area contributed by atoms with Gasteiger partial charge in [-0.05, 0) is 20.8 Å². The summed E-state index contributed by atoms with van der Waals surface area (Å²) in [4.78, 5) is 9.23. The zero-order valence-corrected chi connectivity index (χ0v) is 11.4. The molecule has 1 aliphatic heterocycles. The number of nitrogens with zero attached hydrogens (tertiary/aromatic N) is 2. The summed E-state index contributed by atoms with van der Waals surface area (Å²) in [6.07, 6.45) is 4.39. The van der Waals surface area contributed by atoms with Crippen molar-refractivity contribution < 1.29 is 0 Å². The summed E-state index contributed by atoms with van der Waals surface area (Å²) in [5.74, 6) is 1.34. The molecule has 1 aromatic heterocycles. The van der Waals surface area contributed by atoms with E-state index in [1.54, 1.807) is 0 Å². The number of hydrogen-bond donors (Lipinski definition) is 0. The van der Waals surface area contributed by atoms with E-state index in [0.717, 1.165) is 16.5 Å². The lowest BCUT2D eigenvalue weighted by Gasteiger charge is -2.25. The van der Waals surface area contributed by atoms with Crippen LogP contribution in [0.4, 0.5) is 0 Å². The van der Waals surface area contributed by atoms with Crippen molar-refractivity contribution in [1.29, 1.82) is 0 Å². The Hall–Kier alpha value is -0.830. The topological polar surface area (TPSA) is 25.8 Å². The molecule has 3 heteroatoms. The van der Waals surface area contributed by atoms with E-state index in [4.69, 9.17) is 0 Å². The quantitative estimate of drug-likeness (QED) is 0.691. The maximum Gasteiger partial charge on any atom is 0.132 e. The lowest BCUT2D eigenvalue weighted by molar-refractivity contribution is 0.738. The molecule has 86 valence electrons. The molecule has 2 heterocycles. The molecule has 0 N–H and O–H groups in total. The minimum atomic E-state index is 0.141. The van der Waals surface area contributed by atoms with Crippen LogP contribution >= 0.6 is 11.8 Å². The molecule has 16 heavy (non-hydrogen) atoms. The van der Waals surface area contributed by atoms with Crippen LogP contribution in [0.25, 0.3) is 6.08 Å². The van der Waals surface area contributed by atoms with E-state index in [2.05, 4.69) is 56.7 Å². The molecule has 1 aliphatic rings. The van der Waals surface area contributed by atoms with Crippen LogP contribution in [0.2, 0.25) is 0 Å². The van der Waals surface area contributed by atoms with Gasteiger partial charge in [-0.2, -0.15) is 0 Å². The number of fused-ring (bicyclic) bond motifs is 1. The number of rotatable bonds is 1. The van der Waals surface area contributed by atoms with Gasteiger partial charge in [0.25, 0.3) is 0 Å². The third kappa shape index (κ3) is 2.14. The zero-order chi connectivity index (χ0) is 11.9. The summed E-state index contributed by atoms with van der Waals surface area (Å²) in [5, 5.41) is 1.13. The predicted molar refractivity (Wildman–Crippen MR) is 69.8 cm³/mol. The van der Waals surface area contributed by atoms with Gasteiger partial charge in [0.2, 0.25) is 0 Å². The third-order valence-electron chi connectivity index (χ3n) is 2.65. The van der Waals surface area contributed by atoms with Crippen molar-refractivity contribution in [2.45, 2.75) is 50.3 Å². The van der Waals surface area contributed by atoms with Gasteiger partial charge in [0.05, 0.1) is 0 Å². The minimum absolute atomic E-state index is 0.141. The number of thioether (sulfide) groups is 1. The summed E-state index contributed by atoms with van der Waals surface area (Å²) in [6.45, 7) is 10.8. The van der Waals surface area contributed by atoms with Gasteiger partial charge >= 0.3 is 0 Å². The van der Waals surface area contributed by atoms with E-state index in [9.17, 15) is 0 Å². The smallest absolute Gasteiger partial charge is 0.132 e. The number of hydrogen-bond acceptors (Lipinski definition) is 3. The summed E-state index contributed by atoms with van der Waals surface area (Å²) in [5.41, 5.74) is 2.28. The van der Waals surface area contributed by atoms with Crippen molar-refractivity contribution in [3.8, 4) is 0 Å². The van der Waals surface area contributed by atoms with Crippen LogP contribution in [0.1, 0.15) is 50.7 Å². The van der Waals surface area contributed by atoms with Crippen molar-refractivity contribution in [3.05, 3.63) is 23.2 Å². The van der Waals surface area contributed by atoms with Gasteiger partial charge in [0.15, 0.2) is 0 Å². The fourth-order valence-electron chi connectivity index (χ4n) is 1.67. The molecular weight excluding hydrogens is 216 g/mol. The lowest BCUT2D eigenvalue weighted by atomic mass is 10.1. The fourth-order valence-corrected chi connectivity index (χ4v) is 2.77. The monoisotopic (exact) mass is 234 g/mol. The highest BCUT2D eigenvalue weighted by Crippen LogP contribution is 2.40. The molecule has 1 aromatic rings. The van der Waals surface area contributed by atoms with Crippen LogP contribution in [0, 0.1) is 6.92 Å². The van der Waals surface area contributed by atoms with E-state index in [1.807, 2.05) is 11.8 Å². The Morgan fingerprint density at radius 3 is 2.56 bits per heavy atom. The average molecular weight is 234 g/mol. The molecule has 2 rings (SSSR count). The van der Waals surface area contributed by atoms with Gasteiger partial charge in [-0.1, -0.05) is 37.8 Å².